The van der Waals surface area contributed by atoms with Crippen LogP contribution >= 0.6 is 34.7 Å². The monoisotopic (exact) mass is 451 g/mol. The zero-order valence-electron chi connectivity index (χ0n) is 16.1. The van der Waals surface area contributed by atoms with Crippen LogP contribution in [0.2, 0.25) is 5.02 Å². The van der Waals surface area contributed by atoms with Gasteiger partial charge in [0, 0.05) is 31.2 Å². The largest absolute Gasteiger partial charge is 0.484 e. The maximum absolute atomic E-state index is 12.0. The molecule has 154 valence electrons. The van der Waals surface area contributed by atoms with Crippen molar-refractivity contribution in [1.29, 1.82) is 0 Å². The van der Waals surface area contributed by atoms with E-state index in [4.69, 9.17) is 16.3 Å². The van der Waals surface area contributed by atoms with Crippen LogP contribution in [0.4, 0.5) is 5.13 Å². The Kier molecular flexibility index (Phi) is 8.58. The molecule has 0 bridgehead atoms. The van der Waals surface area contributed by atoms with E-state index in [-0.39, 0.29) is 12.5 Å². The number of rotatable bonds is 7. The third-order valence-electron chi connectivity index (χ3n) is 4.13. The number of benzene rings is 1. The molecule has 10 heteroatoms. The van der Waals surface area contributed by atoms with Gasteiger partial charge in [0.1, 0.15) is 5.75 Å². The Morgan fingerprint density at radius 2 is 2.00 bits per heavy atom. The SMILES string of the molecule is CN1CCN(CC#CCSc2nnc(NC(=O)COc3ccc(Cl)cc3)s2)CC1. The van der Waals surface area contributed by atoms with Gasteiger partial charge in [-0.15, -0.1) is 10.2 Å². The van der Waals surface area contributed by atoms with E-state index >= 15 is 0 Å². The van der Waals surface area contributed by atoms with Crippen LogP contribution in [-0.2, 0) is 4.79 Å². The number of hydrogen-bond acceptors (Lipinski definition) is 8. The Morgan fingerprint density at radius 1 is 1.24 bits per heavy atom. The number of piperazine rings is 1. The van der Waals surface area contributed by atoms with Gasteiger partial charge >= 0.3 is 0 Å². The predicted molar refractivity (Wildman–Crippen MR) is 118 cm³/mol. The van der Waals surface area contributed by atoms with E-state index in [2.05, 4.69) is 44.2 Å². The maximum Gasteiger partial charge on any atom is 0.264 e. The molecule has 29 heavy (non-hydrogen) atoms. The molecule has 1 aliphatic rings. The second kappa shape index (κ2) is 11.4. The first-order valence-electron chi connectivity index (χ1n) is 9.09. The Balaban J connectivity index is 1.34. The quantitative estimate of drug-likeness (QED) is 0.394. The summed E-state index contributed by atoms with van der Waals surface area (Å²) >= 11 is 8.65. The molecule has 0 radical (unpaired) electrons. The zero-order valence-corrected chi connectivity index (χ0v) is 18.4. The molecule has 1 amide bonds. The zero-order chi connectivity index (χ0) is 20.5. The Labute approximate surface area is 183 Å². The summed E-state index contributed by atoms with van der Waals surface area (Å²) in [7, 11) is 2.14. The number of ether oxygens (including phenoxy) is 1. The summed E-state index contributed by atoms with van der Waals surface area (Å²) < 4.78 is 6.18. The highest BCUT2D eigenvalue weighted by atomic mass is 35.5. The number of nitrogens with zero attached hydrogens (tertiary/aromatic N) is 4. The Bertz CT molecular complexity index is 857. The normalized spacial score (nSPS) is 14.8. The minimum absolute atomic E-state index is 0.110. The predicted octanol–water partition coefficient (Wildman–Crippen LogP) is 2.55. The van der Waals surface area contributed by atoms with Gasteiger partial charge in [-0.25, -0.2) is 0 Å². The number of anilines is 1. The van der Waals surface area contributed by atoms with Crippen LogP contribution in [0, 0.1) is 11.8 Å². The second-order valence-electron chi connectivity index (χ2n) is 6.39. The number of halogens is 1. The van der Waals surface area contributed by atoms with Crippen molar-refractivity contribution in [3.8, 4) is 17.6 Å². The van der Waals surface area contributed by atoms with Crippen molar-refractivity contribution in [2.45, 2.75) is 4.34 Å². The number of nitrogens with one attached hydrogen (secondary N) is 1. The third kappa shape index (κ3) is 7.84. The summed E-state index contributed by atoms with van der Waals surface area (Å²) in [5.74, 6) is 7.31. The highest BCUT2D eigenvalue weighted by Crippen LogP contribution is 2.25. The standard InChI is InChI=1S/C19H22ClN5O2S2/c1-24-9-11-25(12-10-24)8-2-3-13-28-19-23-22-18(29-19)21-17(26)14-27-16-6-4-15(20)5-7-16/h4-7H,8-14H2,1H3,(H,21,22,26). The first-order chi connectivity index (χ1) is 14.1. The van der Waals surface area contributed by atoms with Crippen molar-refractivity contribution < 1.29 is 9.53 Å². The van der Waals surface area contributed by atoms with E-state index in [1.807, 2.05) is 0 Å². The lowest BCUT2D eigenvalue weighted by Gasteiger charge is -2.30. The molecule has 0 spiro atoms. The summed E-state index contributed by atoms with van der Waals surface area (Å²) in [6.07, 6.45) is 0. The molecule has 1 aliphatic heterocycles. The van der Waals surface area contributed by atoms with Crippen LogP contribution in [-0.4, -0.2) is 78.0 Å². The van der Waals surface area contributed by atoms with Gasteiger partial charge in [-0.05, 0) is 31.3 Å². The van der Waals surface area contributed by atoms with Crippen molar-refractivity contribution in [2.75, 3.05) is 57.4 Å². The van der Waals surface area contributed by atoms with Crippen molar-refractivity contribution in [2.24, 2.45) is 0 Å². The summed E-state index contributed by atoms with van der Waals surface area (Å²) in [5.41, 5.74) is 0. The molecule has 0 aliphatic carbocycles. The second-order valence-corrected chi connectivity index (χ2v) is 9.02. The molecule has 3 rings (SSSR count). The molecule has 0 atom stereocenters. The molecule has 1 fully saturated rings. The van der Waals surface area contributed by atoms with Gasteiger partial charge in [-0.2, -0.15) is 0 Å². The maximum atomic E-state index is 12.0. The lowest BCUT2D eigenvalue weighted by atomic mass is 10.3. The van der Waals surface area contributed by atoms with Crippen LogP contribution in [0.25, 0.3) is 0 Å². The third-order valence-corrected chi connectivity index (χ3v) is 6.23. The van der Waals surface area contributed by atoms with E-state index in [1.54, 1.807) is 24.3 Å². The van der Waals surface area contributed by atoms with Gasteiger partial charge in [0.05, 0.1) is 12.3 Å². The fourth-order valence-electron chi connectivity index (χ4n) is 2.48. The fourth-order valence-corrected chi connectivity index (χ4v) is 4.14. The van der Waals surface area contributed by atoms with Gasteiger partial charge in [0.15, 0.2) is 10.9 Å². The number of carbonyl (C=O) groups excluding carboxylic acids is 1. The molecule has 0 unspecified atom stereocenters. The minimum Gasteiger partial charge on any atom is -0.484 e. The number of aromatic nitrogens is 2. The molecule has 1 aromatic carbocycles. The smallest absolute Gasteiger partial charge is 0.264 e. The van der Waals surface area contributed by atoms with Crippen LogP contribution in [0.5, 0.6) is 5.75 Å². The first-order valence-corrected chi connectivity index (χ1v) is 11.3. The first kappa shape index (κ1) is 21.9. The molecule has 2 heterocycles. The summed E-state index contributed by atoms with van der Waals surface area (Å²) in [6.45, 7) is 5.03. The Hall–Kier alpha value is -1.83. The van der Waals surface area contributed by atoms with Crippen LogP contribution in [0.3, 0.4) is 0 Å². The van der Waals surface area contributed by atoms with Crippen LogP contribution in [0.1, 0.15) is 0 Å². The van der Waals surface area contributed by atoms with Crippen LogP contribution < -0.4 is 10.1 Å². The molecule has 1 saturated heterocycles. The molecule has 1 N–H and O–H groups in total. The van der Waals surface area contributed by atoms with E-state index in [9.17, 15) is 4.79 Å². The minimum atomic E-state index is -0.292. The fraction of sp³-hybridized carbons (Fsp3) is 0.421. The van der Waals surface area contributed by atoms with Crippen molar-refractivity contribution >= 4 is 45.7 Å². The average Bonchev–Trinajstić information content (AvgIpc) is 3.16. The Morgan fingerprint density at radius 3 is 2.76 bits per heavy atom. The number of amides is 1. The summed E-state index contributed by atoms with van der Waals surface area (Å²) in [6, 6.07) is 6.83. The van der Waals surface area contributed by atoms with Gasteiger partial charge in [0.2, 0.25) is 5.13 Å². The van der Waals surface area contributed by atoms with Gasteiger partial charge < -0.3 is 9.64 Å². The highest BCUT2D eigenvalue weighted by Gasteiger charge is 2.12. The van der Waals surface area contributed by atoms with E-state index < -0.39 is 0 Å². The molecule has 0 saturated carbocycles. The molecular formula is C19H22ClN5O2S2. The molecule has 2 aromatic rings. The molecule has 1 aromatic heterocycles. The molecule has 7 nitrogen and oxygen atoms in total. The number of thioether (sulfide) groups is 1. The summed E-state index contributed by atoms with van der Waals surface area (Å²) in [5, 5.41) is 11.8. The van der Waals surface area contributed by atoms with Crippen molar-refractivity contribution in [1.82, 2.24) is 20.0 Å². The lowest BCUT2D eigenvalue weighted by Crippen LogP contribution is -2.44. The summed E-state index contributed by atoms with van der Waals surface area (Å²) in [4.78, 5) is 16.7. The number of hydrogen-bond donors (Lipinski definition) is 1. The van der Waals surface area contributed by atoms with Crippen molar-refractivity contribution in [3.05, 3.63) is 29.3 Å². The number of likely N-dealkylation sites (N-methyl/N-ethyl adjacent to an activating group) is 1. The number of carbonyl (C=O) groups is 1. The van der Waals surface area contributed by atoms with Gasteiger partial charge in [0.25, 0.3) is 5.91 Å². The average molecular weight is 452 g/mol. The van der Waals surface area contributed by atoms with E-state index in [0.717, 1.165) is 37.1 Å². The molecular weight excluding hydrogens is 430 g/mol. The van der Waals surface area contributed by atoms with E-state index in [1.165, 1.54) is 23.1 Å². The van der Waals surface area contributed by atoms with Gasteiger partial charge in [-0.1, -0.05) is 46.5 Å². The van der Waals surface area contributed by atoms with Crippen molar-refractivity contribution in [3.63, 3.8) is 0 Å². The van der Waals surface area contributed by atoms with Gasteiger partial charge in [-0.3, -0.25) is 15.0 Å². The topological polar surface area (TPSA) is 70.6 Å². The van der Waals surface area contributed by atoms with Crippen LogP contribution in [0.15, 0.2) is 28.6 Å². The lowest BCUT2D eigenvalue weighted by molar-refractivity contribution is -0.118. The highest BCUT2D eigenvalue weighted by molar-refractivity contribution is 8.01. The van der Waals surface area contributed by atoms with E-state index in [0.29, 0.717) is 21.7 Å².